The molecular formula is C14H23ClN4O. The van der Waals surface area contributed by atoms with Gasteiger partial charge in [-0.3, -0.25) is 4.79 Å². The summed E-state index contributed by atoms with van der Waals surface area (Å²) in [5.41, 5.74) is 0.424. The quantitative estimate of drug-likeness (QED) is 0.904. The number of anilines is 1. The highest BCUT2D eigenvalue weighted by molar-refractivity contribution is 6.32. The summed E-state index contributed by atoms with van der Waals surface area (Å²) < 4.78 is 1.37. The van der Waals surface area contributed by atoms with Gasteiger partial charge in [0.1, 0.15) is 5.02 Å². The minimum Gasteiger partial charge on any atom is -0.382 e. The molecule has 0 amide bonds. The zero-order valence-electron chi connectivity index (χ0n) is 12.2. The largest absolute Gasteiger partial charge is 0.382 e. The van der Waals surface area contributed by atoms with Crippen LogP contribution in [0.3, 0.4) is 0 Å². The summed E-state index contributed by atoms with van der Waals surface area (Å²) in [6.45, 7) is 5.61. The Morgan fingerprint density at radius 1 is 1.45 bits per heavy atom. The molecule has 6 heteroatoms. The standard InChI is InChI=1S/C14H23ClN4O/c1-3-19-14(20)13(15)12(10-17-19)16-7-4-11-5-8-18(2)9-6-11/h10-11,16H,3-9H2,1-2H3. The van der Waals surface area contributed by atoms with E-state index in [2.05, 4.69) is 22.4 Å². The number of aromatic nitrogens is 2. The number of hydrogen-bond acceptors (Lipinski definition) is 4. The number of nitrogens with one attached hydrogen (secondary N) is 1. The van der Waals surface area contributed by atoms with E-state index < -0.39 is 0 Å². The molecule has 1 saturated heterocycles. The molecule has 20 heavy (non-hydrogen) atoms. The first-order valence-electron chi connectivity index (χ1n) is 7.29. The van der Waals surface area contributed by atoms with E-state index in [-0.39, 0.29) is 10.6 Å². The summed E-state index contributed by atoms with van der Waals surface area (Å²) >= 11 is 6.08. The maximum absolute atomic E-state index is 11.8. The van der Waals surface area contributed by atoms with Gasteiger partial charge >= 0.3 is 0 Å². The molecule has 2 heterocycles. The van der Waals surface area contributed by atoms with Gasteiger partial charge in [-0.2, -0.15) is 5.10 Å². The van der Waals surface area contributed by atoms with E-state index in [1.165, 1.54) is 30.6 Å². The molecular weight excluding hydrogens is 276 g/mol. The Labute approximate surface area is 124 Å². The number of piperidine rings is 1. The molecule has 0 atom stereocenters. The molecule has 0 aromatic carbocycles. The Balaban J connectivity index is 1.85. The molecule has 0 saturated carbocycles. The van der Waals surface area contributed by atoms with Crippen LogP contribution in [-0.2, 0) is 6.54 Å². The molecule has 0 radical (unpaired) electrons. The molecule has 1 aromatic rings. The predicted octanol–water partition coefficient (Wildman–Crippen LogP) is 2.06. The second-order valence-corrected chi connectivity index (χ2v) is 5.83. The number of aryl methyl sites for hydroxylation is 1. The lowest BCUT2D eigenvalue weighted by Crippen LogP contribution is -2.31. The van der Waals surface area contributed by atoms with E-state index in [4.69, 9.17) is 11.6 Å². The Hall–Kier alpha value is -1.07. The summed E-state index contributed by atoms with van der Waals surface area (Å²) in [5, 5.41) is 7.57. The van der Waals surface area contributed by atoms with Crippen molar-refractivity contribution in [2.45, 2.75) is 32.7 Å². The number of likely N-dealkylation sites (tertiary alicyclic amines) is 1. The molecule has 1 N–H and O–H groups in total. The van der Waals surface area contributed by atoms with Crippen LogP contribution in [0.15, 0.2) is 11.0 Å². The highest BCUT2D eigenvalue weighted by atomic mass is 35.5. The summed E-state index contributed by atoms with van der Waals surface area (Å²) in [6, 6.07) is 0. The first-order chi connectivity index (χ1) is 9.61. The normalized spacial score (nSPS) is 17.4. The molecule has 0 unspecified atom stereocenters. The zero-order chi connectivity index (χ0) is 14.5. The molecule has 1 aliphatic rings. The van der Waals surface area contributed by atoms with Crippen molar-refractivity contribution in [1.82, 2.24) is 14.7 Å². The fourth-order valence-electron chi connectivity index (χ4n) is 2.58. The molecule has 2 rings (SSSR count). The third-order valence-electron chi connectivity index (χ3n) is 3.99. The molecule has 1 aliphatic heterocycles. The lowest BCUT2D eigenvalue weighted by atomic mass is 9.94. The molecule has 0 spiro atoms. The predicted molar refractivity (Wildman–Crippen MR) is 82.5 cm³/mol. The number of nitrogens with zero attached hydrogens (tertiary/aromatic N) is 3. The zero-order valence-corrected chi connectivity index (χ0v) is 13.0. The second kappa shape index (κ2) is 7.09. The minimum atomic E-state index is -0.224. The molecule has 1 aromatic heterocycles. The van der Waals surface area contributed by atoms with Crippen LogP contribution in [0.2, 0.25) is 5.02 Å². The smallest absolute Gasteiger partial charge is 0.287 e. The Morgan fingerprint density at radius 2 is 2.15 bits per heavy atom. The van der Waals surface area contributed by atoms with Crippen molar-refractivity contribution < 1.29 is 0 Å². The van der Waals surface area contributed by atoms with Crippen molar-refractivity contribution >= 4 is 17.3 Å². The van der Waals surface area contributed by atoms with Crippen molar-refractivity contribution in [2.24, 2.45) is 5.92 Å². The van der Waals surface area contributed by atoms with Crippen molar-refractivity contribution in [3.05, 3.63) is 21.6 Å². The first kappa shape index (κ1) is 15.3. The van der Waals surface area contributed by atoms with Crippen molar-refractivity contribution in [3.63, 3.8) is 0 Å². The van der Waals surface area contributed by atoms with E-state index in [9.17, 15) is 4.79 Å². The molecule has 0 bridgehead atoms. The van der Waals surface area contributed by atoms with E-state index in [0.29, 0.717) is 12.2 Å². The number of halogens is 1. The van der Waals surface area contributed by atoms with E-state index in [1.807, 2.05) is 6.92 Å². The average Bonchev–Trinajstić information content (AvgIpc) is 2.46. The highest BCUT2D eigenvalue weighted by Crippen LogP contribution is 2.20. The fourth-order valence-corrected chi connectivity index (χ4v) is 2.79. The van der Waals surface area contributed by atoms with Gasteiger partial charge in [-0.25, -0.2) is 4.68 Å². The Morgan fingerprint density at radius 3 is 2.80 bits per heavy atom. The molecule has 112 valence electrons. The van der Waals surface area contributed by atoms with E-state index >= 15 is 0 Å². The van der Waals surface area contributed by atoms with Gasteiger partial charge in [-0.1, -0.05) is 11.6 Å². The first-order valence-corrected chi connectivity index (χ1v) is 7.67. The van der Waals surface area contributed by atoms with Gasteiger partial charge in [0, 0.05) is 13.1 Å². The Bertz CT molecular complexity index is 494. The third-order valence-corrected chi connectivity index (χ3v) is 4.36. The van der Waals surface area contributed by atoms with Crippen LogP contribution in [0.5, 0.6) is 0 Å². The summed E-state index contributed by atoms with van der Waals surface area (Å²) in [6.07, 6.45) is 5.26. The lowest BCUT2D eigenvalue weighted by Gasteiger charge is -2.29. The highest BCUT2D eigenvalue weighted by Gasteiger charge is 2.16. The topological polar surface area (TPSA) is 50.2 Å². The maximum atomic E-state index is 11.8. The van der Waals surface area contributed by atoms with Gasteiger partial charge in [0.2, 0.25) is 0 Å². The van der Waals surface area contributed by atoms with E-state index in [1.54, 1.807) is 6.20 Å². The fraction of sp³-hybridized carbons (Fsp3) is 0.714. The van der Waals surface area contributed by atoms with Gasteiger partial charge in [0.15, 0.2) is 0 Å². The van der Waals surface area contributed by atoms with E-state index in [0.717, 1.165) is 18.9 Å². The van der Waals surface area contributed by atoms with Gasteiger partial charge in [0.25, 0.3) is 5.56 Å². The second-order valence-electron chi connectivity index (χ2n) is 5.46. The monoisotopic (exact) mass is 298 g/mol. The van der Waals surface area contributed by atoms with Crippen LogP contribution >= 0.6 is 11.6 Å². The number of rotatable bonds is 5. The summed E-state index contributed by atoms with van der Waals surface area (Å²) in [4.78, 5) is 14.2. The van der Waals surface area contributed by atoms with Gasteiger partial charge in [0.05, 0.1) is 11.9 Å². The SMILES string of the molecule is CCn1ncc(NCCC2CCN(C)CC2)c(Cl)c1=O. The molecule has 5 nitrogen and oxygen atoms in total. The van der Waals surface area contributed by atoms with Crippen LogP contribution in [0.1, 0.15) is 26.2 Å². The number of hydrogen-bond donors (Lipinski definition) is 1. The van der Waals surface area contributed by atoms with Crippen molar-refractivity contribution in [2.75, 3.05) is 32.0 Å². The maximum Gasteiger partial charge on any atom is 0.287 e. The van der Waals surface area contributed by atoms with Crippen LogP contribution < -0.4 is 10.9 Å². The van der Waals surface area contributed by atoms with Gasteiger partial charge < -0.3 is 10.2 Å². The molecule has 1 fully saturated rings. The third kappa shape index (κ3) is 3.73. The van der Waals surface area contributed by atoms with Crippen LogP contribution in [0.4, 0.5) is 5.69 Å². The van der Waals surface area contributed by atoms with Crippen LogP contribution in [0.25, 0.3) is 0 Å². The van der Waals surface area contributed by atoms with Crippen LogP contribution in [-0.4, -0.2) is 41.4 Å². The van der Waals surface area contributed by atoms with Gasteiger partial charge in [-0.05, 0) is 52.2 Å². The van der Waals surface area contributed by atoms with Crippen molar-refractivity contribution in [1.29, 1.82) is 0 Å². The summed E-state index contributed by atoms with van der Waals surface area (Å²) in [7, 11) is 2.17. The minimum absolute atomic E-state index is 0.224. The summed E-state index contributed by atoms with van der Waals surface area (Å²) in [5.74, 6) is 0.765. The van der Waals surface area contributed by atoms with Crippen molar-refractivity contribution in [3.8, 4) is 0 Å². The average molecular weight is 299 g/mol. The molecule has 0 aliphatic carbocycles. The van der Waals surface area contributed by atoms with Crippen LogP contribution in [0, 0.1) is 5.92 Å². The van der Waals surface area contributed by atoms with Gasteiger partial charge in [-0.15, -0.1) is 0 Å². The lowest BCUT2D eigenvalue weighted by molar-refractivity contribution is 0.215. The Kier molecular flexibility index (Phi) is 5.43.